The summed E-state index contributed by atoms with van der Waals surface area (Å²) in [5.41, 5.74) is 3.42. The largest absolute Gasteiger partial charge is 0.497 e. The lowest BCUT2D eigenvalue weighted by Gasteiger charge is -2.18. The van der Waals surface area contributed by atoms with Gasteiger partial charge in [0, 0.05) is 11.6 Å². The Balaban J connectivity index is 2.33. The highest BCUT2D eigenvalue weighted by Crippen LogP contribution is 2.32. The van der Waals surface area contributed by atoms with E-state index < -0.39 is 0 Å². The Morgan fingerprint density at radius 2 is 2.00 bits per heavy atom. The molecule has 0 aromatic heterocycles. The normalized spacial score (nSPS) is 15.0. The third kappa shape index (κ3) is 3.29. The molecule has 0 radical (unpaired) electrons. The van der Waals surface area contributed by atoms with Gasteiger partial charge in [0.2, 0.25) is 0 Å². The summed E-state index contributed by atoms with van der Waals surface area (Å²) in [6, 6.07) is 3.78. The van der Waals surface area contributed by atoms with E-state index in [-0.39, 0.29) is 6.61 Å². The number of rotatable bonds is 5. The molecule has 0 bridgehead atoms. The number of methoxy groups -OCH3 is 2. The van der Waals surface area contributed by atoms with Gasteiger partial charge >= 0.3 is 0 Å². The van der Waals surface area contributed by atoms with Crippen LogP contribution in [0.2, 0.25) is 0 Å². The second-order valence-electron chi connectivity index (χ2n) is 4.91. The van der Waals surface area contributed by atoms with Crippen molar-refractivity contribution in [3.05, 3.63) is 34.9 Å². The molecule has 0 fully saturated rings. The molecule has 1 N–H and O–H groups in total. The van der Waals surface area contributed by atoms with Crippen LogP contribution < -0.4 is 9.47 Å². The summed E-state index contributed by atoms with van der Waals surface area (Å²) in [6.45, 7) is 0.0101. The van der Waals surface area contributed by atoms with Crippen LogP contribution in [0, 0.1) is 0 Å². The lowest BCUT2D eigenvalue weighted by atomic mass is 9.91. The molecule has 3 nitrogen and oxygen atoms in total. The van der Waals surface area contributed by atoms with Crippen molar-refractivity contribution < 1.29 is 14.6 Å². The first kappa shape index (κ1) is 13.9. The van der Waals surface area contributed by atoms with Crippen LogP contribution in [0.25, 0.3) is 0 Å². The predicted octanol–water partition coefficient (Wildman–Crippen LogP) is 3.24. The Morgan fingerprint density at radius 3 is 2.58 bits per heavy atom. The lowest BCUT2D eigenvalue weighted by Crippen LogP contribution is -2.03. The van der Waals surface area contributed by atoms with Gasteiger partial charge in [-0.15, -0.1) is 0 Å². The molecule has 1 aliphatic rings. The molecule has 0 saturated heterocycles. The second kappa shape index (κ2) is 6.62. The Labute approximate surface area is 114 Å². The third-order valence-electron chi connectivity index (χ3n) is 3.69. The average molecular weight is 262 g/mol. The predicted molar refractivity (Wildman–Crippen MR) is 75.7 cm³/mol. The number of ether oxygens (including phenoxy) is 2. The van der Waals surface area contributed by atoms with Crippen LogP contribution in [0.5, 0.6) is 11.5 Å². The van der Waals surface area contributed by atoms with Crippen LogP contribution in [-0.4, -0.2) is 19.3 Å². The van der Waals surface area contributed by atoms with Gasteiger partial charge in [0.05, 0.1) is 20.8 Å². The lowest BCUT2D eigenvalue weighted by molar-refractivity contribution is 0.278. The zero-order valence-corrected chi connectivity index (χ0v) is 11.7. The molecule has 0 atom stereocenters. The van der Waals surface area contributed by atoms with Crippen LogP contribution in [-0.2, 0) is 13.0 Å². The van der Waals surface area contributed by atoms with E-state index in [9.17, 15) is 5.11 Å². The molecule has 0 spiro atoms. The fraction of sp³-hybridized carbons (Fsp3) is 0.500. The molecule has 0 heterocycles. The fourth-order valence-corrected chi connectivity index (χ4v) is 2.61. The van der Waals surface area contributed by atoms with Crippen LogP contribution in [0.15, 0.2) is 23.8 Å². The number of aliphatic hydroxyl groups excluding tert-OH is 1. The highest BCUT2D eigenvalue weighted by molar-refractivity contribution is 5.48. The molecule has 1 aromatic carbocycles. The van der Waals surface area contributed by atoms with Crippen LogP contribution in [0.4, 0.5) is 0 Å². The Kier molecular flexibility index (Phi) is 4.86. The van der Waals surface area contributed by atoms with E-state index in [1.54, 1.807) is 14.2 Å². The highest BCUT2D eigenvalue weighted by Gasteiger charge is 2.14. The van der Waals surface area contributed by atoms with Crippen molar-refractivity contribution in [2.75, 3.05) is 14.2 Å². The minimum Gasteiger partial charge on any atom is -0.497 e. The molecule has 0 unspecified atom stereocenters. The Hall–Kier alpha value is -1.48. The first-order valence-corrected chi connectivity index (χ1v) is 6.81. The summed E-state index contributed by atoms with van der Waals surface area (Å²) in [5.74, 6) is 1.53. The van der Waals surface area contributed by atoms with Gasteiger partial charge in [-0.25, -0.2) is 0 Å². The molecule has 1 aliphatic carbocycles. The topological polar surface area (TPSA) is 38.7 Å². The van der Waals surface area contributed by atoms with Gasteiger partial charge in [-0.2, -0.15) is 0 Å². The van der Waals surface area contributed by atoms with Crippen molar-refractivity contribution in [3.8, 4) is 11.5 Å². The maximum absolute atomic E-state index is 9.56. The first-order chi connectivity index (χ1) is 9.28. The molecule has 104 valence electrons. The number of aliphatic hydroxyl groups is 1. The van der Waals surface area contributed by atoms with E-state index in [1.165, 1.54) is 24.8 Å². The molecule has 19 heavy (non-hydrogen) atoms. The van der Waals surface area contributed by atoms with Gasteiger partial charge in [0.15, 0.2) is 0 Å². The van der Waals surface area contributed by atoms with E-state index in [2.05, 4.69) is 6.08 Å². The Bertz CT molecular complexity index is 438. The molecule has 0 amide bonds. The first-order valence-electron chi connectivity index (χ1n) is 6.81. The number of hydrogen-bond donors (Lipinski definition) is 1. The standard InChI is InChI=1S/C16H22O3/c1-18-14-9-13(11-17)15(16(10-14)19-2)8-12-6-4-3-5-7-12/h6,9-10,17H,3-5,7-8,11H2,1-2H3. The smallest absolute Gasteiger partial charge is 0.126 e. The summed E-state index contributed by atoms with van der Waals surface area (Å²) in [4.78, 5) is 0. The number of hydrogen-bond acceptors (Lipinski definition) is 3. The maximum atomic E-state index is 9.56. The van der Waals surface area contributed by atoms with Crippen LogP contribution in [0.3, 0.4) is 0 Å². The summed E-state index contributed by atoms with van der Waals surface area (Å²) in [7, 11) is 3.29. The van der Waals surface area contributed by atoms with Crippen molar-refractivity contribution >= 4 is 0 Å². The van der Waals surface area contributed by atoms with Crippen molar-refractivity contribution in [1.82, 2.24) is 0 Å². The van der Waals surface area contributed by atoms with Gasteiger partial charge in [-0.05, 0) is 43.7 Å². The quantitative estimate of drug-likeness (QED) is 0.828. The third-order valence-corrected chi connectivity index (χ3v) is 3.69. The fourth-order valence-electron chi connectivity index (χ4n) is 2.61. The van der Waals surface area contributed by atoms with Crippen molar-refractivity contribution in [3.63, 3.8) is 0 Å². The van der Waals surface area contributed by atoms with Gasteiger partial charge in [0.25, 0.3) is 0 Å². The maximum Gasteiger partial charge on any atom is 0.126 e. The second-order valence-corrected chi connectivity index (χ2v) is 4.91. The zero-order valence-electron chi connectivity index (χ0n) is 11.7. The minimum absolute atomic E-state index is 0.0101. The van der Waals surface area contributed by atoms with E-state index in [0.717, 1.165) is 35.5 Å². The van der Waals surface area contributed by atoms with Crippen LogP contribution in [0.1, 0.15) is 36.8 Å². The van der Waals surface area contributed by atoms with Gasteiger partial charge in [-0.1, -0.05) is 11.6 Å². The Morgan fingerprint density at radius 1 is 1.16 bits per heavy atom. The van der Waals surface area contributed by atoms with Gasteiger partial charge in [0.1, 0.15) is 11.5 Å². The van der Waals surface area contributed by atoms with E-state index in [0.29, 0.717) is 0 Å². The van der Waals surface area contributed by atoms with E-state index in [1.807, 2.05) is 12.1 Å². The van der Waals surface area contributed by atoms with E-state index in [4.69, 9.17) is 9.47 Å². The SMILES string of the molecule is COc1cc(CO)c(CC2=CCCCC2)c(OC)c1. The molecular formula is C16H22O3. The minimum atomic E-state index is 0.0101. The zero-order chi connectivity index (χ0) is 13.7. The van der Waals surface area contributed by atoms with Crippen molar-refractivity contribution in [2.45, 2.75) is 38.7 Å². The monoisotopic (exact) mass is 262 g/mol. The summed E-state index contributed by atoms with van der Waals surface area (Å²) in [5, 5.41) is 9.56. The highest BCUT2D eigenvalue weighted by atomic mass is 16.5. The number of benzene rings is 1. The molecule has 3 heteroatoms. The molecule has 0 saturated carbocycles. The summed E-state index contributed by atoms with van der Waals surface area (Å²) >= 11 is 0. The van der Waals surface area contributed by atoms with Crippen LogP contribution >= 0.6 is 0 Å². The molecule has 2 rings (SSSR count). The average Bonchev–Trinajstić information content (AvgIpc) is 2.48. The van der Waals surface area contributed by atoms with Gasteiger partial charge < -0.3 is 14.6 Å². The molecular weight excluding hydrogens is 240 g/mol. The number of allylic oxidation sites excluding steroid dienone is 2. The summed E-state index contributed by atoms with van der Waals surface area (Å²) < 4.78 is 10.7. The van der Waals surface area contributed by atoms with Gasteiger partial charge in [-0.3, -0.25) is 0 Å². The van der Waals surface area contributed by atoms with Crippen molar-refractivity contribution in [1.29, 1.82) is 0 Å². The molecule has 1 aromatic rings. The van der Waals surface area contributed by atoms with Crippen molar-refractivity contribution in [2.24, 2.45) is 0 Å². The summed E-state index contributed by atoms with van der Waals surface area (Å²) in [6.07, 6.45) is 8.06. The van der Waals surface area contributed by atoms with E-state index >= 15 is 0 Å². The molecule has 0 aliphatic heterocycles.